The van der Waals surface area contributed by atoms with Gasteiger partial charge in [-0.3, -0.25) is 14.2 Å². The van der Waals surface area contributed by atoms with Gasteiger partial charge >= 0.3 is 0 Å². The number of hydrogen-bond acceptors (Lipinski definition) is 6. The van der Waals surface area contributed by atoms with Gasteiger partial charge in [0.05, 0.1) is 5.92 Å². The number of imidazole rings is 1. The van der Waals surface area contributed by atoms with Gasteiger partial charge in [0, 0.05) is 44.5 Å². The van der Waals surface area contributed by atoms with Gasteiger partial charge in [0.25, 0.3) is 0 Å². The lowest BCUT2D eigenvalue weighted by Crippen LogP contribution is -2.48. The van der Waals surface area contributed by atoms with Crippen LogP contribution in [0.15, 0.2) is 24.5 Å². The molecule has 2 aliphatic heterocycles. The molecule has 0 aromatic carbocycles. The largest absolute Gasteiger partial charge is 0.369 e. The van der Waals surface area contributed by atoms with Gasteiger partial charge in [-0.25, -0.2) is 4.98 Å². The Bertz CT molecular complexity index is 871. The Morgan fingerprint density at radius 1 is 1.03 bits per heavy atom. The normalized spacial score (nSPS) is 20.7. The third-order valence-corrected chi connectivity index (χ3v) is 6.01. The molecular formula is C20H27N7O2. The maximum absolute atomic E-state index is 13.0. The molecule has 9 nitrogen and oxygen atoms in total. The Hall–Kier alpha value is -2.97. The van der Waals surface area contributed by atoms with E-state index in [4.69, 9.17) is 5.73 Å². The Labute approximate surface area is 169 Å². The molecule has 2 aromatic rings. The number of aromatic nitrogens is 4. The van der Waals surface area contributed by atoms with Crippen LogP contribution in [0, 0.1) is 18.8 Å². The van der Waals surface area contributed by atoms with E-state index < -0.39 is 0 Å². The van der Waals surface area contributed by atoms with Crippen LogP contribution in [0.5, 0.6) is 0 Å². The zero-order valence-corrected chi connectivity index (χ0v) is 16.7. The quantitative estimate of drug-likeness (QED) is 0.821. The second kappa shape index (κ2) is 8.18. The molecule has 9 heteroatoms. The second-order valence-corrected chi connectivity index (χ2v) is 7.88. The highest BCUT2D eigenvalue weighted by Crippen LogP contribution is 2.25. The van der Waals surface area contributed by atoms with Gasteiger partial charge in [-0.15, -0.1) is 10.2 Å². The number of primary amides is 1. The first-order valence-corrected chi connectivity index (χ1v) is 10.2. The lowest BCUT2D eigenvalue weighted by atomic mass is 9.92. The highest BCUT2D eigenvalue weighted by molar-refractivity contribution is 5.81. The molecule has 2 aromatic heterocycles. The Morgan fingerprint density at radius 2 is 1.76 bits per heavy atom. The van der Waals surface area contributed by atoms with Crippen molar-refractivity contribution in [2.45, 2.75) is 32.6 Å². The summed E-state index contributed by atoms with van der Waals surface area (Å²) in [5.74, 6) is 2.14. The molecule has 0 bridgehead atoms. The van der Waals surface area contributed by atoms with Gasteiger partial charge in [0.2, 0.25) is 11.8 Å². The fourth-order valence-electron chi connectivity index (χ4n) is 4.26. The van der Waals surface area contributed by atoms with Gasteiger partial charge in [0.15, 0.2) is 11.6 Å². The monoisotopic (exact) mass is 397 g/mol. The maximum Gasteiger partial charge on any atom is 0.227 e. The van der Waals surface area contributed by atoms with Crippen LogP contribution in [-0.4, -0.2) is 62.6 Å². The molecule has 0 saturated carbocycles. The number of nitrogens with two attached hydrogens (primary N) is 1. The van der Waals surface area contributed by atoms with Crippen LogP contribution < -0.4 is 10.6 Å². The van der Waals surface area contributed by atoms with Crippen molar-refractivity contribution < 1.29 is 9.59 Å². The van der Waals surface area contributed by atoms with Crippen LogP contribution >= 0.6 is 0 Å². The minimum Gasteiger partial charge on any atom is -0.369 e. The van der Waals surface area contributed by atoms with Crippen LogP contribution in [0.3, 0.4) is 0 Å². The molecule has 4 heterocycles. The van der Waals surface area contributed by atoms with Gasteiger partial charge in [-0.05, 0) is 44.7 Å². The van der Waals surface area contributed by atoms with E-state index in [1.807, 2.05) is 34.7 Å². The minimum absolute atomic E-state index is 0.0498. The number of likely N-dealkylation sites (tertiary alicyclic amines) is 1. The number of anilines is 1. The number of aryl methyl sites for hydroxylation is 1. The van der Waals surface area contributed by atoms with Crippen molar-refractivity contribution >= 4 is 17.6 Å². The molecule has 4 rings (SSSR count). The highest BCUT2D eigenvalue weighted by atomic mass is 16.2. The number of nitrogens with zero attached hydrogens (tertiary/aromatic N) is 6. The van der Waals surface area contributed by atoms with Crippen molar-refractivity contribution in [1.29, 1.82) is 0 Å². The topological polar surface area (TPSA) is 110 Å². The van der Waals surface area contributed by atoms with E-state index in [0.717, 1.165) is 36.8 Å². The number of amides is 2. The van der Waals surface area contributed by atoms with Crippen molar-refractivity contribution in [2.75, 3.05) is 31.1 Å². The summed E-state index contributed by atoms with van der Waals surface area (Å²) >= 11 is 0. The summed E-state index contributed by atoms with van der Waals surface area (Å²) in [4.78, 5) is 32.6. The fraction of sp³-hybridized carbons (Fsp3) is 0.550. The van der Waals surface area contributed by atoms with E-state index in [9.17, 15) is 9.59 Å². The third-order valence-electron chi connectivity index (χ3n) is 6.01. The fourth-order valence-corrected chi connectivity index (χ4v) is 4.26. The summed E-state index contributed by atoms with van der Waals surface area (Å²) in [5, 5.41) is 8.72. The van der Waals surface area contributed by atoms with E-state index >= 15 is 0 Å². The molecule has 2 fully saturated rings. The number of rotatable bonds is 4. The SMILES string of the molecule is Cc1nccn1-c1ccc(N2CCCC(C(=O)N3CCC(C(N)=O)CC3)C2)nn1. The molecule has 2 saturated heterocycles. The molecule has 0 radical (unpaired) electrons. The van der Waals surface area contributed by atoms with Gasteiger partial charge in [0.1, 0.15) is 5.82 Å². The van der Waals surface area contributed by atoms with Crippen molar-refractivity contribution in [3.05, 3.63) is 30.4 Å². The van der Waals surface area contributed by atoms with E-state index in [1.54, 1.807) is 6.20 Å². The molecule has 2 aliphatic rings. The van der Waals surface area contributed by atoms with Crippen molar-refractivity contribution in [2.24, 2.45) is 17.6 Å². The smallest absolute Gasteiger partial charge is 0.227 e. The Morgan fingerprint density at radius 3 is 2.38 bits per heavy atom. The summed E-state index contributed by atoms with van der Waals surface area (Å²) in [6.45, 7) is 4.66. The Balaban J connectivity index is 1.39. The Kier molecular flexibility index (Phi) is 5.46. The lowest BCUT2D eigenvalue weighted by Gasteiger charge is -2.37. The van der Waals surface area contributed by atoms with Crippen LogP contribution in [0.2, 0.25) is 0 Å². The predicted molar refractivity (Wildman–Crippen MR) is 107 cm³/mol. The van der Waals surface area contributed by atoms with Gasteiger partial charge < -0.3 is 15.5 Å². The first-order chi connectivity index (χ1) is 14.0. The molecule has 1 unspecified atom stereocenters. The predicted octanol–water partition coefficient (Wildman–Crippen LogP) is 0.911. The van der Waals surface area contributed by atoms with Gasteiger partial charge in [-0.2, -0.15) is 0 Å². The molecule has 2 N–H and O–H groups in total. The molecule has 2 amide bonds. The first-order valence-electron chi connectivity index (χ1n) is 10.2. The lowest BCUT2D eigenvalue weighted by molar-refractivity contribution is -0.138. The number of piperidine rings is 2. The number of carbonyl (C=O) groups excluding carboxylic acids is 2. The molecule has 29 heavy (non-hydrogen) atoms. The van der Waals surface area contributed by atoms with Crippen molar-refractivity contribution in [3.63, 3.8) is 0 Å². The molecule has 1 atom stereocenters. The number of carbonyl (C=O) groups is 2. The van der Waals surface area contributed by atoms with Crippen LogP contribution in [0.1, 0.15) is 31.5 Å². The van der Waals surface area contributed by atoms with E-state index in [1.165, 1.54) is 0 Å². The summed E-state index contributed by atoms with van der Waals surface area (Å²) in [5.41, 5.74) is 5.40. The second-order valence-electron chi connectivity index (χ2n) is 7.88. The maximum atomic E-state index is 13.0. The summed E-state index contributed by atoms with van der Waals surface area (Å²) in [7, 11) is 0. The van der Waals surface area contributed by atoms with E-state index in [2.05, 4.69) is 20.1 Å². The van der Waals surface area contributed by atoms with Crippen LogP contribution in [0.25, 0.3) is 5.82 Å². The zero-order chi connectivity index (χ0) is 20.4. The summed E-state index contributed by atoms with van der Waals surface area (Å²) < 4.78 is 1.88. The first kappa shape index (κ1) is 19.4. The average molecular weight is 397 g/mol. The third kappa shape index (κ3) is 4.08. The summed E-state index contributed by atoms with van der Waals surface area (Å²) in [6.07, 6.45) is 6.74. The zero-order valence-electron chi connectivity index (χ0n) is 16.7. The molecule has 154 valence electrons. The van der Waals surface area contributed by atoms with Crippen LogP contribution in [-0.2, 0) is 9.59 Å². The molecule has 0 spiro atoms. The minimum atomic E-state index is -0.256. The van der Waals surface area contributed by atoms with E-state index in [-0.39, 0.29) is 23.7 Å². The molecule has 0 aliphatic carbocycles. The summed E-state index contributed by atoms with van der Waals surface area (Å²) in [6, 6.07) is 3.88. The molecular weight excluding hydrogens is 370 g/mol. The van der Waals surface area contributed by atoms with Crippen molar-refractivity contribution in [3.8, 4) is 5.82 Å². The highest BCUT2D eigenvalue weighted by Gasteiger charge is 2.33. The van der Waals surface area contributed by atoms with Crippen molar-refractivity contribution in [1.82, 2.24) is 24.6 Å². The number of hydrogen-bond donors (Lipinski definition) is 1. The van der Waals surface area contributed by atoms with Crippen LogP contribution in [0.4, 0.5) is 5.82 Å². The van der Waals surface area contributed by atoms with E-state index in [0.29, 0.717) is 32.5 Å². The average Bonchev–Trinajstić information content (AvgIpc) is 3.19. The standard InChI is InChI=1S/C20H27N7O2/c1-14-22-8-12-27(14)18-5-4-17(23-24-18)26-9-2-3-16(13-26)20(29)25-10-6-15(7-11-25)19(21)28/h4-5,8,12,15-16H,2-3,6-7,9-11,13H2,1H3,(H2,21,28). The van der Waals surface area contributed by atoms with Gasteiger partial charge in [-0.1, -0.05) is 0 Å².